The standard InChI is InChI=1S/C10H12O2/c1-7-6-8-4-2-3-5-9(8)10(11)12-7/h6H,2-5H2,1H3. The first kappa shape index (κ1) is 7.59. The van der Waals surface area contributed by atoms with E-state index in [2.05, 4.69) is 0 Å². The largest absolute Gasteiger partial charge is 0.428 e. The van der Waals surface area contributed by atoms with Crippen LogP contribution in [-0.4, -0.2) is 0 Å². The normalized spacial score (nSPS) is 15.8. The average molecular weight is 164 g/mol. The van der Waals surface area contributed by atoms with Crippen molar-refractivity contribution in [2.75, 3.05) is 0 Å². The van der Waals surface area contributed by atoms with E-state index in [1.54, 1.807) is 0 Å². The summed E-state index contributed by atoms with van der Waals surface area (Å²) in [6, 6.07) is 2.00. The number of fused-ring (bicyclic) bond motifs is 1. The van der Waals surface area contributed by atoms with Crippen molar-refractivity contribution in [3.8, 4) is 0 Å². The van der Waals surface area contributed by atoms with E-state index in [9.17, 15) is 4.79 Å². The van der Waals surface area contributed by atoms with Crippen molar-refractivity contribution in [1.82, 2.24) is 0 Å². The number of hydrogen-bond donors (Lipinski definition) is 0. The van der Waals surface area contributed by atoms with Gasteiger partial charge in [-0.1, -0.05) is 0 Å². The van der Waals surface area contributed by atoms with Crippen molar-refractivity contribution in [3.63, 3.8) is 0 Å². The molecule has 0 radical (unpaired) electrons. The fourth-order valence-corrected chi connectivity index (χ4v) is 1.80. The molecule has 0 atom stereocenters. The van der Waals surface area contributed by atoms with E-state index < -0.39 is 0 Å². The molecular formula is C10H12O2. The molecule has 1 aliphatic rings. The molecule has 64 valence electrons. The molecule has 1 aliphatic carbocycles. The molecule has 0 saturated heterocycles. The Bertz CT molecular complexity index is 349. The Hall–Kier alpha value is -1.05. The van der Waals surface area contributed by atoms with Crippen molar-refractivity contribution in [1.29, 1.82) is 0 Å². The lowest BCUT2D eigenvalue weighted by atomic mass is 9.93. The summed E-state index contributed by atoms with van der Waals surface area (Å²) >= 11 is 0. The minimum atomic E-state index is -0.121. The van der Waals surface area contributed by atoms with Crippen LogP contribution in [0.2, 0.25) is 0 Å². The average Bonchev–Trinajstić information content (AvgIpc) is 2.04. The van der Waals surface area contributed by atoms with Gasteiger partial charge in [-0.05, 0) is 44.2 Å². The second-order valence-corrected chi connectivity index (χ2v) is 3.36. The molecule has 2 heteroatoms. The third-order valence-corrected chi connectivity index (χ3v) is 2.39. The van der Waals surface area contributed by atoms with Crippen LogP contribution in [0.5, 0.6) is 0 Å². The van der Waals surface area contributed by atoms with E-state index in [0.717, 1.165) is 30.6 Å². The topological polar surface area (TPSA) is 30.2 Å². The summed E-state index contributed by atoms with van der Waals surface area (Å²) in [6.07, 6.45) is 4.27. The van der Waals surface area contributed by atoms with Crippen LogP contribution in [0.1, 0.15) is 29.7 Å². The van der Waals surface area contributed by atoms with Gasteiger partial charge in [0, 0.05) is 5.56 Å². The molecule has 1 heterocycles. The smallest absolute Gasteiger partial charge is 0.339 e. The van der Waals surface area contributed by atoms with Crippen molar-refractivity contribution < 1.29 is 4.42 Å². The quantitative estimate of drug-likeness (QED) is 0.585. The van der Waals surface area contributed by atoms with Gasteiger partial charge in [0.2, 0.25) is 0 Å². The fourth-order valence-electron chi connectivity index (χ4n) is 1.80. The molecule has 0 saturated carbocycles. The van der Waals surface area contributed by atoms with E-state index in [1.807, 2.05) is 13.0 Å². The van der Waals surface area contributed by atoms with E-state index in [0.29, 0.717) is 0 Å². The van der Waals surface area contributed by atoms with Crippen molar-refractivity contribution in [3.05, 3.63) is 33.4 Å². The van der Waals surface area contributed by atoms with Crippen molar-refractivity contribution in [2.24, 2.45) is 0 Å². The van der Waals surface area contributed by atoms with Crippen LogP contribution in [0.25, 0.3) is 0 Å². The molecule has 0 spiro atoms. The van der Waals surface area contributed by atoms with Crippen LogP contribution >= 0.6 is 0 Å². The van der Waals surface area contributed by atoms with Gasteiger partial charge in [-0.25, -0.2) is 4.79 Å². The first-order chi connectivity index (χ1) is 5.77. The van der Waals surface area contributed by atoms with Gasteiger partial charge in [0.15, 0.2) is 0 Å². The fraction of sp³-hybridized carbons (Fsp3) is 0.500. The van der Waals surface area contributed by atoms with E-state index in [4.69, 9.17) is 4.42 Å². The summed E-state index contributed by atoms with van der Waals surface area (Å²) < 4.78 is 5.02. The molecule has 0 fully saturated rings. The predicted molar refractivity (Wildman–Crippen MR) is 46.4 cm³/mol. The molecule has 0 aromatic carbocycles. The van der Waals surface area contributed by atoms with E-state index in [1.165, 1.54) is 12.0 Å². The van der Waals surface area contributed by atoms with Crippen molar-refractivity contribution in [2.45, 2.75) is 32.6 Å². The summed E-state index contributed by atoms with van der Waals surface area (Å²) in [5.74, 6) is 0.737. The molecule has 0 N–H and O–H groups in total. The van der Waals surface area contributed by atoms with Gasteiger partial charge < -0.3 is 4.42 Å². The highest BCUT2D eigenvalue weighted by molar-refractivity contribution is 5.26. The maximum Gasteiger partial charge on any atom is 0.339 e. The van der Waals surface area contributed by atoms with Gasteiger partial charge in [0.25, 0.3) is 0 Å². The first-order valence-electron chi connectivity index (χ1n) is 4.40. The summed E-state index contributed by atoms with van der Waals surface area (Å²) in [7, 11) is 0. The Morgan fingerprint density at radius 1 is 1.33 bits per heavy atom. The second kappa shape index (κ2) is 2.77. The van der Waals surface area contributed by atoms with Crippen LogP contribution in [0.3, 0.4) is 0 Å². The zero-order valence-electron chi connectivity index (χ0n) is 7.22. The third kappa shape index (κ3) is 1.17. The highest BCUT2D eigenvalue weighted by atomic mass is 16.4. The molecule has 0 amide bonds. The maximum atomic E-state index is 11.3. The van der Waals surface area contributed by atoms with Crippen LogP contribution in [0.15, 0.2) is 15.3 Å². The Kier molecular flexibility index (Phi) is 1.75. The Morgan fingerprint density at radius 3 is 2.92 bits per heavy atom. The minimum Gasteiger partial charge on any atom is -0.428 e. The SMILES string of the molecule is Cc1cc2c(c(=O)o1)CCCC2. The molecule has 2 rings (SSSR count). The molecule has 2 nitrogen and oxygen atoms in total. The molecular weight excluding hydrogens is 152 g/mol. The Balaban J connectivity index is 2.60. The van der Waals surface area contributed by atoms with Crippen LogP contribution in [-0.2, 0) is 12.8 Å². The zero-order valence-corrected chi connectivity index (χ0v) is 7.22. The third-order valence-electron chi connectivity index (χ3n) is 2.39. The molecule has 0 aliphatic heterocycles. The summed E-state index contributed by atoms with van der Waals surface area (Å²) in [4.78, 5) is 11.3. The zero-order chi connectivity index (χ0) is 8.55. The van der Waals surface area contributed by atoms with Gasteiger partial charge in [0.05, 0.1) is 0 Å². The van der Waals surface area contributed by atoms with Gasteiger partial charge in [0.1, 0.15) is 5.76 Å². The molecule has 1 aromatic heterocycles. The number of rotatable bonds is 0. The Labute approximate surface area is 71.2 Å². The lowest BCUT2D eigenvalue weighted by molar-refractivity contribution is 0.461. The van der Waals surface area contributed by atoms with Gasteiger partial charge in [-0.2, -0.15) is 0 Å². The number of aryl methyl sites for hydroxylation is 2. The van der Waals surface area contributed by atoms with Crippen LogP contribution < -0.4 is 5.63 Å². The summed E-state index contributed by atoms with van der Waals surface area (Å²) in [5, 5.41) is 0. The van der Waals surface area contributed by atoms with Crippen LogP contribution in [0.4, 0.5) is 0 Å². The van der Waals surface area contributed by atoms with E-state index >= 15 is 0 Å². The van der Waals surface area contributed by atoms with Crippen molar-refractivity contribution >= 4 is 0 Å². The summed E-state index contributed by atoms with van der Waals surface area (Å²) in [6.45, 7) is 1.83. The van der Waals surface area contributed by atoms with Gasteiger partial charge >= 0.3 is 5.63 Å². The second-order valence-electron chi connectivity index (χ2n) is 3.36. The first-order valence-corrected chi connectivity index (χ1v) is 4.40. The number of hydrogen-bond acceptors (Lipinski definition) is 2. The Morgan fingerprint density at radius 2 is 2.08 bits per heavy atom. The summed E-state index contributed by atoms with van der Waals surface area (Å²) in [5.41, 5.74) is 1.99. The highest BCUT2D eigenvalue weighted by Gasteiger charge is 2.13. The molecule has 0 unspecified atom stereocenters. The highest BCUT2D eigenvalue weighted by Crippen LogP contribution is 2.18. The minimum absolute atomic E-state index is 0.121. The molecule has 1 aromatic rings. The lowest BCUT2D eigenvalue weighted by Crippen LogP contribution is -2.15. The monoisotopic (exact) mass is 164 g/mol. The van der Waals surface area contributed by atoms with Crippen LogP contribution in [0, 0.1) is 6.92 Å². The molecule has 12 heavy (non-hydrogen) atoms. The molecule has 0 bridgehead atoms. The lowest BCUT2D eigenvalue weighted by Gasteiger charge is -2.13. The van der Waals surface area contributed by atoms with Gasteiger partial charge in [-0.15, -0.1) is 0 Å². The van der Waals surface area contributed by atoms with E-state index in [-0.39, 0.29) is 5.63 Å². The van der Waals surface area contributed by atoms with Gasteiger partial charge in [-0.3, -0.25) is 0 Å². The maximum absolute atomic E-state index is 11.3. The predicted octanol–water partition coefficient (Wildman–Crippen LogP) is 1.83.